The molecule has 0 fully saturated rings. The van der Waals surface area contributed by atoms with Gasteiger partial charge in [-0.25, -0.2) is 4.79 Å². The lowest BCUT2D eigenvalue weighted by Gasteiger charge is -2.09. The molecular formula is C17H18O6. The SMILES string of the molecule is CCC=CCCOc1ccc2c(OC(C)=O)c(O)c(=O)oc2c1. The van der Waals surface area contributed by atoms with Crippen LogP contribution in [-0.2, 0) is 4.79 Å². The van der Waals surface area contributed by atoms with Gasteiger partial charge in [0.2, 0.25) is 5.75 Å². The van der Waals surface area contributed by atoms with Crippen LogP contribution in [0.3, 0.4) is 0 Å². The summed E-state index contributed by atoms with van der Waals surface area (Å²) in [6, 6.07) is 4.73. The van der Waals surface area contributed by atoms with Crippen LogP contribution in [0.4, 0.5) is 0 Å². The van der Waals surface area contributed by atoms with E-state index in [4.69, 9.17) is 13.9 Å². The van der Waals surface area contributed by atoms with E-state index in [-0.39, 0.29) is 11.3 Å². The van der Waals surface area contributed by atoms with Gasteiger partial charge in [-0.3, -0.25) is 4.79 Å². The number of fused-ring (bicyclic) bond motifs is 1. The van der Waals surface area contributed by atoms with E-state index < -0.39 is 17.3 Å². The first-order valence-corrected chi connectivity index (χ1v) is 7.29. The Hall–Kier alpha value is -2.76. The van der Waals surface area contributed by atoms with Gasteiger partial charge in [-0.05, 0) is 25.0 Å². The Balaban J connectivity index is 2.29. The van der Waals surface area contributed by atoms with Crippen LogP contribution in [0.5, 0.6) is 17.2 Å². The zero-order chi connectivity index (χ0) is 16.8. The van der Waals surface area contributed by atoms with E-state index >= 15 is 0 Å². The number of carbonyl (C=O) groups is 1. The quantitative estimate of drug-likeness (QED) is 0.381. The van der Waals surface area contributed by atoms with E-state index in [1.165, 1.54) is 13.0 Å². The summed E-state index contributed by atoms with van der Waals surface area (Å²) in [6.45, 7) is 3.72. The lowest BCUT2D eigenvalue weighted by atomic mass is 10.2. The average molecular weight is 318 g/mol. The van der Waals surface area contributed by atoms with Crippen molar-refractivity contribution in [2.75, 3.05) is 6.61 Å². The summed E-state index contributed by atoms with van der Waals surface area (Å²) in [5.74, 6) is -1.06. The van der Waals surface area contributed by atoms with E-state index in [0.29, 0.717) is 17.7 Å². The molecule has 2 aromatic rings. The van der Waals surface area contributed by atoms with E-state index in [0.717, 1.165) is 12.8 Å². The van der Waals surface area contributed by atoms with Gasteiger partial charge >= 0.3 is 11.6 Å². The van der Waals surface area contributed by atoms with Crippen molar-refractivity contribution in [1.29, 1.82) is 0 Å². The van der Waals surface area contributed by atoms with Gasteiger partial charge in [0.25, 0.3) is 0 Å². The maximum Gasteiger partial charge on any atom is 0.382 e. The number of esters is 1. The second-order valence-electron chi connectivity index (χ2n) is 4.84. The minimum atomic E-state index is -0.975. The molecule has 1 aromatic heterocycles. The minimum absolute atomic E-state index is 0.172. The number of allylic oxidation sites excluding steroid dienone is 1. The first-order chi connectivity index (χ1) is 11.0. The molecule has 1 N–H and O–H groups in total. The van der Waals surface area contributed by atoms with Gasteiger partial charge in [-0.2, -0.15) is 0 Å². The van der Waals surface area contributed by atoms with E-state index in [9.17, 15) is 14.7 Å². The minimum Gasteiger partial charge on any atom is -0.499 e. The third kappa shape index (κ3) is 4.12. The van der Waals surface area contributed by atoms with Crippen LogP contribution >= 0.6 is 0 Å². The fourth-order valence-electron chi connectivity index (χ4n) is 2.01. The summed E-state index contributed by atoms with van der Waals surface area (Å²) in [4.78, 5) is 22.7. The van der Waals surface area contributed by atoms with E-state index in [2.05, 4.69) is 13.0 Å². The predicted octanol–water partition coefficient (Wildman–Crippen LogP) is 3.16. The highest BCUT2D eigenvalue weighted by Gasteiger charge is 2.17. The summed E-state index contributed by atoms with van der Waals surface area (Å²) >= 11 is 0. The van der Waals surface area contributed by atoms with Crippen molar-refractivity contribution in [2.45, 2.75) is 26.7 Å². The molecular weight excluding hydrogens is 300 g/mol. The second-order valence-corrected chi connectivity index (χ2v) is 4.84. The lowest BCUT2D eigenvalue weighted by Crippen LogP contribution is -2.07. The van der Waals surface area contributed by atoms with Crippen LogP contribution in [0.25, 0.3) is 11.0 Å². The lowest BCUT2D eigenvalue weighted by molar-refractivity contribution is -0.131. The number of benzene rings is 1. The summed E-state index contributed by atoms with van der Waals surface area (Å²) in [6.07, 6.45) is 5.82. The number of rotatable bonds is 6. The third-order valence-electron chi connectivity index (χ3n) is 3.01. The Bertz CT molecular complexity index is 788. The Morgan fingerprint density at radius 2 is 2.13 bits per heavy atom. The zero-order valence-electron chi connectivity index (χ0n) is 13.0. The summed E-state index contributed by atoms with van der Waals surface area (Å²) < 4.78 is 15.5. The van der Waals surface area contributed by atoms with Crippen molar-refractivity contribution >= 4 is 16.9 Å². The van der Waals surface area contributed by atoms with E-state index in [1.54, 1.807) is 12.1 Å². The number of hydrogen-bond donors (Lipinski definition) is 1. The van der Waals surface area contributed by atoms with Crippen molar-refractivity contribution in [1.82, 2.24) is 0 Å². The van der Waals surface area contributed by atoms with Crippen LogP contribution in [0.15, 0.2) is 39.6 Å². The molecule has 0 amide bonds. The van der Waals surface area contributed by atoms with Gasteiger partial charge in [0, 0.05) is 13.0 Å². The fourth-order valence-corrected chi connectivity index (χ4v) is 2.01. The van der Waals surface area contributed by atoms with Crippen molar-refractivity contribution in [3.8, 4) is 17.2 Å². The monoisotopic (exact) mass is 318 g/mol. The van der Waals surface area contributed by atoms with Crippen LogP contribution in [0, 0.1) is 0 Å². The van der Waals surface area contributed by atoms with Gasteiger partial charge in [-0.15, -0.1) is 0 Å². The Kier molecular flexibility index (Phi) is 5.41. The highest BCUT2D eigenvalue weighted by Crippen LogP contribution is 2.33. The Morgan fingerprint density at radius 3 is 2.83 bits per heavy atom. The van der Waals surface area contributed by atoms with Gasteiger partial charge in [0.15, 0.2) is 5.75 Å². The number of ether oxygens (including phenoxy) is 2. The summed E-state index contributed by atoms with van der Waals surface area (Å²) in [7, 11) is 0. The van der Waals surface area contributed by atoms with Crippen LogP contribution < -0.4 is 15.1 Å². The average Bonchev–Trinajstić information content (AvgIpc) is 2.51. The standard InChI is InChI=1S/C17H18O6/c1-3-4-5-6-9-21-12-7-8-13-14(10-12)23-17(20)15(19)16(13)22-11(2)18/h4-5,7-8,10,19H,3,6,9H2,1-2H3. The normalized spacial score (nSPS) is 11.0. The molecule has 23 heavy (non-hydrogen) atoms. The summed E-state index contributed by atoms with van der Waals surface area (Å²) in [5.41, 5.74) is -0.803. The number of carbonyl (C=O) groups excluding carboxylic acids is 1. The van der Waals surface area contributed by atoms with Crippen molar-refractivity contribution < 1.29 is 23.8 Å². The van der Waals surface area contributed by atoms with Crippen LogP contribution in [-0.4, -0.2) is 17.7 Å². The Morgan fingerprint density at radius 1 is 1.35 bits per heavy atom. The summed E-state index contributed by atoms with van der Waals surface area (Å²) in [5, 5.41) is 10.0. The molecule has 0 atom stereocenters. The molecule has 0 saturated carbocycles. The van der Waals surface area contributed by atoms with Crippen molar-refractivity contribution in [3.63, 3.8) is 0 Å². The van der Waals surface area contributed by atoms with Gasteiger partial charge in [0.05, 0.1) is 12.0 Å². The highest BCUT2D eigenvalue weighted by atomic mass is 16.5. The third-order valence-corrected chi connectivity index (χ3v) is 3.01. The highest BCUT2D eigenvalue weighted by molar-refractivity contribution is 5.89. The molecule has 1 heterocycles. The van der Waals surface area contributed by atoms with Crippen molar-refractivity contribution in [3.05, 3.63) is 40.8 Å². The first kappa shape index (κ1) is 16.6. The molecule has 0 saturated heterocycles. The maximum atomic E-state index is 11.6. The molecule has 6 heteroatoms. The second kappa shape index (κ2) is 7.49. The van der Waals surface area contributed by atoms with Crippen LogP contribution in [0.1, 0.15) is 26.7 Å². The molecule has 0 unspecified atom stereocenters. The Labute approximate surface area is 132 Å². The molecule has 0 bridgehead atoms. The van der Waals surface area contributed by atoms with Gasteiger partial charge in [0.1, 0.15) is 11.3 Å². The predicted molar refractivity (Wildman–Crippen MR) is 85.0 cm³/mol. The number of aromatic hydroxyl groups is 1. The van der Waals surface area contributed by atoms with Crippen molar-refractivity contribution in [2.24, 2.45) is 0 Å². The molecule has 122 valence electrons. The molecule has 6 nitrogen and oxygen atoms in total. The van der Waals surface area contributed by atoms with Gasteiger partial charge < -0.3 is 19.0 Å². The fraction of sp³-hybridized carbons (Fsp3) is 0.294. The van der Waals surface area contributed by atoms with E-state index in [1.807, 2.05) is 6.08 Å². The molecule has 0 spiro atoms. The largest absolute Gasteiger partial charge is 0.499 e. The first-order valence-electron chi connectivity index (χ1n) is 7.29. The van der Waals surface area contributed by atoms with Gasteiger partial charge in [-0.1, -0.05) is 19.1 Å². The zero-order valence-corrected chi connectivity index (χ0v) is 13.0. The molecule has 2 rings (SSSR count). The molecule has 0 aliphatic rings. The topological polar surface area (TPSA) is 86.0 Å². The smallest absolute Gasteiger partial charge is 0.382 e. The molecule has 0 aliphatic heterocycles. The molecule has 0 aliphatic carbocycles. The van der Waals surface area contributed by atoms with Crippen LogP contribution in [0.2, 0.25) is 0 Å². The molecule has 0 radical (unpaired) electrons. The number of hydrogen-bond acceptors (Lipinski definition) is 6. The maximum absolute atomic E-state index is 11.6. The molecule has 1 aromatic carbocycles.